The molecule has 0 aliphatic carbocycles. The number of amides is 1. The minimum Gasteiger partial charge on any atom is -0.505 e. The van der Waals surface area contributed by atoms with Gasteiger partial charge < -0.3 is 10.4 Å². The Kier molecular flexibility index (Phi) is 5.91. The molecule has 1 amide bonds. The average Bonchev–Trinajstić information content (AvgIpc) is 3.39. The largest absolute Gasteiger partial charge is 0.505 e. The fourth-order valence-corrected chi connectivity index (χ4v) is 4.22. The summed E-state index contributed by atoms with van der Waals surface area (Å²) in [4.78, 5) is 21.6. The zero-order valence-corrected chi connectivity index (χ0v) is 20.2. The molecule has 0 spiro atoms. The van der Waals surface area contributed by atoms with Gasteiger partial charge in [-0.1, -0.05) is 54.6 Å². The first-order chi connectivity index (χ1) is 19.1. The van der Waals surface area contributed by atoms with E-state index in [-0.39, 0.29) is 34.3 Å². The average molecular weight is 511 g/mol. The van der Waals surface area contributed by atoms with Crippen LogP contribution in [0, 0.1) is 11.3 Å². The van der Waals surface area contributed by atoms with Gasteiger partial charge in [0.15, 0.2) is 11.6 Å². The van der Waals surface area contributed by atoms with E-state index in [1.807, 2.05) is 54.6 Å². The summed E-state index contributed by atoms with van der Waals surface area (Å²) >= 11 is 0. The molecule has 0 fully saturated rings. The lowest BCUT2D eigenvalue weighted by atomic mass is 10.0. The van der Waals surface area contributed by atoms with Crippen LogP contribution < -0.4 is 5.32 Å². The molecule has 6 aromatic rings. The lowest BCUT2D eigenvalue weighted by Gasteiger charge is -2.12. The van der Waals surface area contributed by atoms with Crippen molar-refractivity contribution in [3.63, 3.8) is 0 Å². The molecule has 0 saturated heterocycles. The fraction of sp³-hybridized carbons (Fsp3) is 0. The van der Waals surface area contributed by atoms with Crippen molar-refractivity contribution >= 4 is 44.6 Å². The van der Waals surface area contributed by atoms with Gasteiger partial charge in [-0.25, -0.2) is 9.97 Å². The molecule has 0 aliphatic heterocycles. The molecule has 2 heterocycles. The number of phenolic OH excluding ortho intramolecular Hbond substituents is 1. The van der Waals surface area contributed by atoms with Crippen LogP contribution in [0.4, 0.5) is 17.2 Å². The van der Waals surface area contributed by atoms with Crippen LogP contribution in [0.1, 0.15) is 15.9 Å². The summed E-state index contributed by atoms with van der Waals surface area (Å²) in [5.41, 5.74) is 0.818. The number of anilines is 1. The summed E-state index contributed by atoms with van der Waals surface area (Å²) in [6.07, 6.45) is 4.40. The van der Waals surface area contributed by atoms with Gasteiger partial charge in [-0.2, -0.15) is 15.0 Å². The molecule has 6 rings (SSSR count). The standard InChI is InChI=1S/C29H18N8O2/c30-16-21-17-33-37(29-31-12-5-13-32-29)27(21)36-35-25-23-9-4-3-8-20(23)15-24(26(25)38)28(39)34-22-11-10-18-6-1-2-7-19(18)14-22/h1-15,17,38H,(H,34,39)/b36-35+. The van der Waals surface area contributed by atoms with Crippen molar-refractivity contribution in [3.8, 4) is 17.8 Å². The molecule has 2 aromatic heterocycles. The van der Waals surface area contributed by atoms with Crippen molar-refractivity contribution in [1.29, 1.82) is 5.26 Å². The third-order valence-corrected chi connectivity index (χ3v) is 6.10. The number of nitrogens with zero attached hydrogens (tertiary/aromatic N) is 7. The van der Waals surface area contributed by atoms with Crippen molar-refractivity contribution < 1.29 is 9.90 Å². The summed E-state index contributed by atoms with van der Waals surface area (Å²) in [6, 6.07) is 25.8. The number of fused-ring (bicyclic) bond motifs is 2. The van der Waals surface area contributed by atoms with E-state index in [1.54, 1.807) is 30.3 Å². The molecule has 10 nitrogen and oxygen atoms in total. The van der Waals surface area contributed by atoms with Gasteiger partial charge in [0.25, 0.3) is 11.9 Å². The number of aromatic nitrogens is 4. The number of nitriles is 1. The fourth-order valence-electron chi connectivity index (χ4n) is 4.22. The number of hydrogen-bond donors (Lipinski definition) is 2. The monoisotopic (exact) mass is 510 g/mol. The molecule has 186 valence electrons. The molecule has 4 aromatic carbocycles. The van der Waals surface area contributed by atoms with Crippen LogP contribution in [0.2, 0.25) is 0 Å². The number of azo groups is 1. The van der Waals surface area contributed by atoms with Crippen molar-refractivity contribution in [2.45, 2.75) is 0 Å². The van der Waals surface area contributed by atoms with Gasteiger partial charge in [-0.05, 0) is 40.4 Å². The first-order valence-corrected chi connectivity index (χ1v) is 11.8. The summed E-state index contributed by atoms with van der Waals surface area (Å²) < 4.78 is 1.28. The summed E-state index contributed by atoms with van der Waals surface area (Å²) in [5, 5.41) is 39.6. The summed E-state index contributed by atoms with van der Waals surface area (Å²) in [6.45, 7) is 0. The Hall–Kier alpha value is -5.95. The highest BCUT2D eigenvalue weighted by atomic mass is 16.3. The minimum absolute atomic E-state index is 0.0243. The smallest absolute Gasteiger partial charge is 0.259 e. The van der Waals surface area contributed by atoms with Crippen LogP contribution in [0.15, 0.2) is 108 Å². The SMILES string of the molecule is N#Cc1cnn(-c2ncccn2)c1/N=N/c1c(O)c(C(=O)Nc2ccc3ccccc3c2)cc2ccccc12. The van der Waals surface area contributed by atoms with Crippen LogP contribution in [-0.4, -0.2) is 30.8 Å². The van der Waals surface area contributed by atoms with E-state index in [4.69, 9.17) is 0 Å². The van der Waals surface area contributed by atoms with E-state index < -0.39 is 5.91 Å². The second kappa shape index (κ2) is 9.84. The number of nitrogens with one attached hydrogen (secondary N) is 1. The van der Waals surface area contributed by atoms with Crippen LogP contribution in [0.25, 0.3) is 27.5 Å². The number of carbonyl (C=O) groups is 1. The van der Waals surface area contributed by atoms with Gasteiger partial charge in [0.1, 0.15) is 17.3 Å². The molecule has 0 saturated carbocycles. The second-order valence-corrected chi connectivity index (χ2v) is 8.51. The maximum atomic E-state index is 13.3. The van der Waals surface area contributed by atoms with Crippen LogP contribution >= 0.6 is 0 Å². The normalized spacial score (nSPS) is 11.2. The van der Waals surface area contributed by atoms with Gasteiger partial charge in [0.2, 0.25) is 0 Å². The third kappa shape index (κ3) is 4.41. The number of carbonyl (C=O) groups excluding carboxylic acids is 1. The third-order valence-electron chi connectivity index (χ3n) is 6.10. The van der Waals surface area contributed by atoms with E-state index in [9.17, 15) is 15.2 Å². The van der Waals surface area contributed by atoms with Crippen LogP contribution in [-0.2, 0) is 0 Å². The quantitative estimate of drug-likeness (QED) is 0.264. The molecule has 0 bridgehead atoms. The number of phenols is 1. The topological polar surface area (TPSA) is 141 Å². The lowest BCUT2D eigenvalue weighted by molar-refractivity contribution is 0.102. The lowest BCUT2D eigenvalue weighted by Crippen LogP contribution is -2.12. The van der Waals surface area contributed by atoms with E-state index in [1.165, 1.54) is 23.3 Å². The molecule has 39 heavy (non-hydrogen) atoms. The second-order valence-electron chi connectivity index (χ2n) is 8.51. The molecule has 0 radical (unpaired) electrons. The van der Waals surface area contributed by atoms with Crippen molar-refractivity contribution in [2.24, 2.45) is 10.2 Å². The Morgan fingerprint density at radius 2 is 1.64 bits per heavy atom. The van der Waals surface area contributed by atoms with E-state index in [0.717, 1.165) is 10.8 Å². The highest BCUT2D eigenvalue weighted by Crippen LogP contribution is 2.40. The zero-order valence-electron chi connectivity index (χ0n) is 20.2. The molecule has 0 unspecified atom stereocenters. The molecular weight excluding hydrogens is 492 g/mol. The maximum absolute atomic E-state index is 13.3. The molecular formula is C29H18N8O2. The highest BCUT2D eigenvalue weighted by molar-refractivity contribution is 6.12. The van der Waals surface area contributed by atoms with Crippen molar-refractivity contribution in [3.05, 3.63) is 109 Å². The molecule has 2 N–H and O–H groups in total. The van der Waals surface area contributed by atoms with Gasteiger partial charge >= 0.3 is 0 Å². The van der Waals surface area contributed by atoms with Gasteiger partial charge in [-0.15, -0.1) is 10.2 Å². The Morgan fingerprint density at radius 3 is 2.44 bits per heavy atom. The van der Waals surface area contributed by atoms with E-state index in [2.05, 4.69) is 30.6 Å². The zero-order chi connectivity index (χ0) is 26.8. The summed E-state index contributed by atoms with van der Waals surface area (Å²) in [5.74, 6) is -0.578. The molecule has 0 aliphatic rings. The number of hydrogen-bond acceptors (Lipinski definition) is 8. The number of benzene rings is 4. The van der Waals surface area contributed by atoms with Gasteiger partial charge in [-0.3, -0.25) is 4.79 Å². The summed E-state index contributed by atoms with van der Waals surface area (Å²) in [7, 11) is 0. The Labute approximate surface area is 221 Å². The van der Waals surface area contributed by atoms with Gasteiger partial charge in [0.05, 0.1) is 11.8 Å². The minimum atomic E-state index is -0.509. The highest BCUT2D eigenvalue weighted by Gasteiger charge is 2.20. The van der Waals surface area contributed by atoms with Crippen molar-refractivity contribution in [2.75, 3.05) is 5.32 Å². The predicted octanol–water partition coefficient (Wildman–Crippen LogP) is 6.21. The van der Waals surface area contributed by atoms with Crippen LogP contribution in [0.3, 0.4) is 0 Å². The van der Waals surface area contributed by atoms with Crippen LogP contribution in [0.5, 0.6) is 5.75 Å². The molecule has 0 atom stereocenters. The predicted molar refractivity (Wildman–Crippen MR) is 146 cm³/mol. The first kappa shape index (κ1) is 23.4. The first-order valence-electron chi connectivity index (χ1n) is 11.8. The molecule has 10 heteroatoms. The van der Waals surface area contributed by atoms with E-state index in [0.29, 0.717) is 16.5 Å². The maximum Gasteiger partial charge on any atom is 0.259 e. The number of rotatable bonds is 5. The number of aromatic hydroxyl groups is 1. The Morgan fingerprint density at radius 1 is 0.897 bits per heavy atom. The Bertz CT molecular complexity index is 1940. The van der Waals surface area contributed by atoms with Gasteiger partial charge in [0, 0.05) is 23.5 Å². The Balaban J connectivity index is 1.42. The van der Waals surface area contributed by atoms with E-state index >= 15 is 0 Å². The van der Waals surface area contributed by atoms with Crippen molar-refractivity contribution in [1.82, 2.24) is 19.7 Å².